The number of ether oxygens (including phenoxy) is 1. The molecule has 0 saturated heterocycles. The summed E-state index contributed by atoms with van der Waals surface area (Å²) in [4.78, 5) is 26.2. The van der Waals surface area contributed by atoms with Crippen LogP contribution < -0.4 is 4.74 Å². The number of imide groups is 1. The summed E-state index contributed by atoms with van der Waals surface area (Å²) in [6.45, 7) is 1.69. The maximum Gasteiger partial charge on any atom is 0.270 e. The van der Waals surface area contributed by atoms with Gasteiger partial charge in [-0.05, 0) is 36.8 Å². The molecule has 0 unspecified atom stereocenters. The van der Waals surface area contributed by atoms with Gasteiger partial charge in [0.1, 0.15) is 11.6 Å². The topological polar surface area (TPSA) is 46.6 Å². The number of carbonyl (C=O) groups excluding carboxylic acids is 2. The number of carbonyl (C=O) groups is 2. The molecule has 2 aromatic rings. The van der Waals surface area contributed by atoms with E-state index in [4.69, 9.17) is 4.74 Å². The lowest BCUT2D eigenvalue weighted by molar-refractivity contribution is -0.135. The summed E-state index contributed by atoms with van der Waals surface area (Å²) in [5, 5.41) is 0. The Hall–Kier alpha value is -2.69. The molecule has 22 heavy (non-hydrogen) atoms. The average Bonchev–Trinajstić information content (AvgIpc) is 2.61. The fourth-order valence-electron chi connectivity index (χ4n) is 2.37. The van der Waals surface area contributed by atoms with Crippen molar-refractivity contribution in [1.82, 2.24) is 4.90 Å². The second kappa shape index (κ2) is 5.60. The molecule has 0 aliphatic carbocycles. The molecule has 0 aromatic heterocycles. The van der Waals surface area contributed by atoms with E-state index in [0.29, 0.717) is 16.9 Å². The summed E-state index contributed by atoms with van der Waals surface area (Å²) in [6, 6.07) is 12.5. The smallest absolute Gasteiger partial charge is 0.270 e. The summed E-state index contributed by atoms with van der Waals surface area (Å²) >= 11 is 0. The van der Waals surface area contributed by atoms with Gasteiger partial charge in [0.2, 0.25) is 0 Å². The fraction of sp³-hybridized carbons (Fsp3) is 0.176. The largest absolute Gasteiger partial charge is 0.480 e. The highest BCUT2D eigenvalue weighted by Gasteiger charge is 2.33. The highest BCUT2D eigenvalue weighted by atomic mass is 19.1. The van der Waals surface area contributed by atoms with Crippen molar-refractivity contribution < 1.29 is 18.7 Å². The third kappa shape index (κ3) is 2.57. The Balaban J connectivity index is 1.96. The Morgan fingerprint density at radius 2 is 1.77 bits per heavy atom. The molecule has 4 nitrogen and oxygen atoms in total. The highest BCUT2D eigenvalue weighted by Crippen LogP contribution is 2.26. The molecule has 0 fully saturated rings. The average molecular weight is 299 g/mol. The van der Waals surface area contributed by atoms with Crippen molar-refractivity contribution in [3.63, 3.8) is 0 Å². The van der Waals surface area contributed by atoms with E-state index < -0.39 is 17.9 Å². The van der Waals surface area contributed by atoms with Crippen molar-refractivity contribution in [2.24, 2.45) is 0 Å². The first-order chi connectivity index (χ1) is 10.6. The number of para-hydroxylation sites is 1. The Morgan fingerprint density at radius 1 is 1.09 bits per heavy atom. The van der Waals surface area contributed by atoms with Gasteiger partial charge in [-0.1, -0.05) is 24.3 Å². The van der Waals surface area contributed by atoms with Gasteiger partial charge in [-0.15, -0.1) is 0 Å². The molecular weight excluding hydrogens is 285 g/mol. The van der Waals surface area contributed by atoms with E-state index in [9.17, 15) is 14.0 Å². The van der Waals surface area contributed by atoms with E-state index in [0.717, 1.165) is 4.90 Å². The SMILES string of the molecule is C[C@@H]1Oc2ccccc2C(=O)N(Cc2ccc(F)cc2)C1=O. The van der Waals surface area contributed by atoms with Gasteiger partial charge in [0.25, 0.3) is 11.8 Å². The molecule has 0 spiro atoms. The van der Waals surface area contributed by atoms with Gasteiger partial charge in [0.05, 0.1) is 12.1 Å². The quantitative estimate of drug-likeness (QED) is 0.801. The Labute approximate surface area is 127 Å². The summed E-state index contributed by atoms with van der Waals surface area (Å²) in [7, 11) is 0. The van der Waals surface area contributed by atoms with Crippen LogP contribution in [0.15, 0.2) is 48.5 Å². The second-order valence-electron chi connectivity index (χ2n) is 5.11. The highest BCUT2D eigenvalue weighted by molar-refractivity contribution is 6.08. The molecule has 1 heterocycles. The van der Waals surface area contributed by atoms with Crippen LogP contribution >= 0.6 is 0 Å². The van der Waals surface area contributed by atoms with E-state index in [1.165, 1.54) is 12.1 Å². The number of fused-ring (bicyclic) bond motifs is 1. The molecule has 0 N–H and O–H groups in total. The van der Waals surface area contributed by atoms with Crippen molar-refractivity contribution in [2.45, 2.75) is 19.6 Å². The van der Waals surface area contributed by atoms with Gasteiger partial charge in [0, 0.05) is 0 Å². The maximum absolute atomic E-state index is 13.0. The van der Waals surface area contributed by atoms with Crippen LogP contribution in [-0.2, 0) is 11.3 Å². The molecule has 2 aromatic carbocycles. The maximum atomic E-state index is 13.0. The molecule has 3 rings (SSSR count). The first-order valence-corrected chi connectivity index (χ1v) is 6.92. The van der Waals surface area contributed by atoms with E-state index in [1.54, 1.807) is 43.3 Å². The van der Waals surface area contributed by atoms with E-state index in [-0.39, 0.29) is 12.4 Å². The van der Waals surface area contributed by atoms with E-state index in [1.807, 2.05) is 0 Å². The number of halogens is 1. The Bertz CT molecular complexity index is 727. The number of hydrogen-bond donors (Lipinski definition) is 0. The molecular formula is C17H14FNO3. The molecule has 112 valence electrons. The predicted octanol–water partition coefficient (Wildman–Crippen LogP) is 2.78. The zero-order valence-corrected chi connectivity index (χ0v) is 12.0. The van der Waals surface area contributed by atoms with Crippen LogP contribution in [0.2, 0.25) is 0 Å². The monoisotopic (exact) mass is 299 g/mol. The molecule has 0 radical (unpaired) electrons. The molecule has 0 saturated carbocycles. The van der Waals surface area contributed by atoms with Crippen LogP contribution in [0, 0.1) is 5.82 Å². The van der Waals surface area contributed by atoms with Crippen molar-refractivity contribution in [2.75, 3.05) is 0 Å². The molecule has 0 bridgehead atoms. The molecule has 5 heteroatoms. The fourth-order valence-corrected chi connectivity index (χ4v) is 2.37. The zero-order chi connectivity index (χ0) is 15.7. The molecule has 1 atom stereocenters. The molecule has 2 amide bonds. The normalized spacial score (nSPS) is 17.7. The number of hydrogen-bond acceptors (Lipinski definition) is 3. The van der Waals surface area contributed by atoms with Crippen molar-refractivity contribution in [1.29, 1.82) is 0 Å². The van der Waals surface area contributed by atoms with Crippen LogP contribution in [0.5, 0.6) is 5.75 Å². The van der Waals surface area contributed by atoms with Gasteiger partial charge >= 0.3 is 0 Å². The Morgan fingerprint density at radius 3 is 2.50 bits per heavy atom. The predicted molar refractivity (Wildman–Crippen MR) is 77.8 cm³/mol. The lowest BCUT2D eigenvalue weighted by Gasteiger charge is -2.20. The third-order valence-electron chi connectivity index (χ3n) is 3.53. The van der Waals surface area contributed by atoms with Crippen LogP contribution in [0.25, 0.3) is 0 Å². The zero-order valence-electron chi connectivity index (χ0n) is 12.0. The first kappa shape index (κ1) is 14.3. The second-order valence-corrected chi connectivity index (χ2v) is 5.11. The summed E-state index contributed by atoms with van der Waals surface area (Å²) in [5.74, 6) is -0.783. The Kier molecular flexibility index (Phi) is 3.63. The van der Waals surface area contributed by atoms with Crippen LogP contribution in [0.3, 0.4) is 0 Å². The number of rotatable bonds is 2. The van der Waals surface area contributed by atoms with Crippen LogP contribution in [-0.4, -0.2) is 22.8 Å². The van der Waals surface area contributed by atoms with Gasteiger partial charge in [-0.25, -0.2) is 4.39 Å². The summed E-state index contributed by atoms with van der Waals surface area (Å²) < 4.78 is 18.5. The third-order valence-corrected chi connectivity index (χ3v) is 3.53. The van der Waals surface area contributed by atoms with Gasteiger partial charge < -0.3 is 4.74 Å². The van der Waals surface area contributed by atoms with Crippen molar-refractivity contribution >= 4 is 11.8 Å². The number of benzene rings is 2. The lowest BCUT2D eigenvalue weighted by atomic mass is 10.1. The number of nitrogens with zero attached hydrogens (tertiary/aromatic N) is 1. The summed E-state index contributed by atoms with van der Waals surface area (Å²) in [5.41, 5.74) is 1.02. The van der Waals surface area contributed by atoms with Gasteiger partial charge in [-0.3, -0.25) is 14.5 Å². The minimum absolute atomic E-state index is 0.0833. The van der Waals surface area contributed by atoms with E-state index in [2.05, 4.69) is 0 Å². The minimum atomic E-state index is -0.756. The standard InChI is InChI=1S/C17H14FNO3/c1-11-16(20)19(10-12-6-8-13(18)9-7-12)17(21)14-4-2-3-5-15(14)22-11/h2-9,11H,10H2,1H3/t11-/m0/s1. The lowest BCUT2D eigenvalue weighted by Crippen LogP contribution is -2.41. The van der Waals surface area contributed by atoms with Crippen LogP contribution in [0.4, 0.5) is 4.39 Å². The van der Waals surface area contributed by atoms with Crippen molar-refractivity contribution in [3.8, 4) is 5.75 Å². The number of amides is 2. The van der Waals surface area contributed by atoms with Crippen molar-refractivity contribution in [3.05, 3.63) is 65.5 Å². The first-order valence-electron chi connectivity index (χ1n) is 6.92. The van der Waals surface area contributed by atoms with Gasteiger partial charge in [0.15, 0.2) is 6.10 Å². The molecule has 1 aliphatic heterocycles. The minimum Gasteiger partial charge on any atom is -0.480 e. The van der Waals surface area contributed by atoms with E-state index >= 15 is 0 Å². The van der Waals surface area contributed by atoms with Gasteiger partial charge in [-0.2, -0.15) is 0 Å². The van der Waals surface area contributed by atoms with Crippen LogP contribution in [0.1, 0.15) is 22.8 Å². The molecule has 1 aliphatic rings. The summed E-state index contributed by atoms with van der Waals surface area (Å²) in [6.07, 6.45) is -0.756.